The van der Waals surface area contributed by atoms with Gasteiger partial charge in [0.2, 0.25) is 0 Å². The largest absolute Gasteiger partial charge is 0.296 e. The van der Waals surface area contributed by atoms with E-state index in [1.807, 2.05) is 0 Å². The topological polar surface area (TPSA) is 52.8 Å². The van der Waals surface area contributed by atoms with E-state index in [0.29, 0.717) is 24.0 Å². The third kappa shape index (κ3) is 5.62. The van der Waals surface area contributed by atoms with Crippen LogP contribution in [0.3, 0.4) is 0 Å². The monoisotopic (exact) mass is 252 g/mol. The molecule has 0 fully saturated rings. The molecule has 5 heteroatoms. The molecule has 0 aromatic carbocycles. The molecular formula is C12H17ClN4. The van der Waals surface area contributed by atoms with Crippen LogP contribution >= 0.6 is 11.6 Å². The number of aromatic nitrogens is 2. The Labute approximate surface area is 107 Å². The summed E-state index contributed by atoms with van der Waals surface area (Å²) in [5, 5.41) is 9.03. The fourth-order valence-electron chi connectivity index (χ4n) is 1.61. The van der Waals surface area contributed by atoms with Gasteiger partial charge in [-0.15, -0.1) is 0 Å². The summed E-state index contributed by atoms with van der Waals surface area (Å²) in [6.07, 6.45) is 3.77. The third-order valence-corrected chi connectivity index (χ3v) is 2.42. The number of hydrogen-bond acceptors (Lipinski definition) is 4. The lowest BCUT2D eigenvalue weighted by Crippen LogP contribution is -2.28. The third-order valence-electron chi connectivity index (χ3n) is 2.22. The van der Waals surface area contributed by atoms with Crippen LogP contribution in [0.4, 0.5) is 0 Å². The summed E-state index contributed by atoms with van der Waals surface area (Å²) in [5.74, 6) is 0.564. The molecule has 0 saturated carbocycles. The van der Waals surface area contributed by atoms with Gasteiger partial charge in [0.1, 0.15) is 5.15 Å². The highest BCUT2D eigenvalue weighted by Crippen LogP contribution is 2.07. The maximum atomic E-state index is 8.63. The molecule has 0 aliphatic rings. The molecule has 17 heavy (non-hydrogen) atoms. The van der Waals surface area contributed by atoms with Gasteiger partial charge in [0.05, 0.1) is 24.2 Å². The summed E-state index contributed by atoms with van der Waals surface area (Å²) in [4.78, 5) is 10.4. The van der Waals surface area contributed by atoms with Crippen molar-refractivity contribution in [1.29, 1.82) is 5.26 Å². The number of halogens is 1. The molecule has 1 aromatic heterocycles. The second-order valence-corrected chi connectivity index (χ2v) is 4.75. The Hall–Kier alpha value is -1.18. The van der Waals surface area contributed by atoms with Gasteiger partial charge in [0.25, 0.3) is 0 Å². The van der Waals surface area contributed by atoms with Crippen LogP contribution in [-0.2, 0) is 6.54 Å². The van der Waals surface area contributed by atoms with Gasteiger partial charge in [0, 0.05) is 26.1 Å². The minimum atomic E-state index is 0.404. The average molecular weight is 253 g/mol. The maximum Gasteiger partial charge on any atom is 0.147 e. The molecule has 1 aromatic rings. The van der Waals surface area contributed by atoms with E-state index in [-0.39, 0.29) is 0 Å². The molecule has 4 nitrogen and oxygen atoms in total. The van der Waals surface area contributed by atoms with Gasteiger partial charge in [0.15, 0.2) is 0 Å². The van der Waals surface area contributed by atoms with Crippen LogP contribution in [0, 0.1) is 17.2 Å². The van der Waals surface area contributed by atoms with Crippen molar-refractivity contribution in [3.8, 4) is 6.07 Å². The number of rotatable bonds is 6. The SMILES string of the molecule is CC(C)CN(CCC#N)Cc1cnc(Cl)cn1. The smallest absolute Gasteiger partial charge is 0.147 e. The van der Waals surface area contributed by atoms with Crippen LogP contribution in [-0.4, -0.2) is 28.0 Å². The predicted molar refractivity (Wildman–Crippen MR) is 67.4 cm³/mol. The summed E-state index contributed by atoms with van der Waals surface area (Å²) in [7, 11) is 0. The minimum absolute atomic E-state index is 0.404. The van der Waals surface area contributed by atoms with Crippen molar-refractivity contribution in [1.82, 2.24) is 14.9 Å². The van der Waals surface area contributed by atoms with Gasteiger partial charge in [-0.2, -0.15) is 5.26 Å². The molecule has 0 radical (unpaired) electrons. The second-order valence-electron chi connectivity index (χ2n) is 4.37. The van der Waals surface area contributed by atoms with E-state index in [1.54, 1.807) is 12.4 Å². The second kappa shape index (κ2) is 7.21. The van der Waals surface area contributed by atoms with Crippen molar-refractivity contribution in [2.75, 3.05) is 13.1 Å². The van der Waals surface area contributed by atoms with Gasteiger partial charge in [-0.25, -0.2) is 4.98 Å². The van der Waals surface area contributed by atoms with Crippen LogP contribution in [0.5, 0.6) is 0 Å². The van der Waals surface area contributed by atoms with E-state index >= 15 is 0 Å². The molecule has 0 saturated heterocycles. The van der Waals surface area contributed by atoms with Gasteiger partial charge >= 0.3 is 0 Å². The lowest BCUT2D eigenvalue weighted by atomic mass is 10.2. The van der Waals surface area contributed by atoms with E-state index in [2.05, 4.69) is 34.8 Å². The molecule has 0 atom stereocenters. The maximum absolute atomic E-state index is 8.63. The molecular weight excluding hydrogens is 236 g/mol. The first kappa shape index (κ1) is 13.9. The molecule has 0 amide bonds. The Morgan fingerprint density at radius 2 is 2.18 bits per heavy atom. The molecule has 0 unspecified atom stereocenters. The highest BCUT2D eigenvalue weighted by Gasteiger charge is 2.09. The Kier molecular flexibility index (Phi) is 5.88. The van der Waals surface area contributed by atoms with E-state index in [9.17, 15) is 0 Å². The Morgan fingerprint density at radius 1 is 1.41 bits per heavy atom. The summed E-state index contributed by atoms with van der Waals surface area (Å²) in [6.45, 7) is 6.74. The lowest BCUT2D eigenvalue weighted by Gasteiger charge is -2.22. The minimum Gasteiger partial charge on any atom is -0.296 e. The first-order valence-corrected chi connectivity index (χ1v) is 6.05. The molecule has 1 rings (SSSR count). The van der Waals surface area contributed by atoms with Gasteiger partial charge < -0.3 is 0 Å². The van der Waals surface area contributed by atoms with Crippen molar-refractivity contribution in [2.45, 2.75) is 26.8 Å². The summed E-state index contributed by atoms with van der Waals surface area (Å²) < 4.78 is 0. The van der Waals surface area contributed by atoms with Crippen molar-refractivity contribution < 1.29 is 0 Å². The van der Waals surface area contributed by atoms with Gasteiger partial charge in [-0.05, 0) is 5.92 Å². The number of nitrogens with zero attached hydrogens (tertiary/aromatic N) is 4. The van der Waals surface area contributed by atoms with Crippen LogP contribution in [0.15, 0.2) is 12.4 Å². The van der Waals surface area contributed by atoms with E-state index in [4.69, 9.17) is 16.9 Å². The molecule has 0 N–H and O–H groups in total. The summed E-state index contributed by atoms with van der Waals surface area (Å²) >= 11 is 5.69. The summed E-state index contributed by atoms with van der Waals surface area (Å²) in [5.41, 5.74) is 0.882. The fourth-order valence-corrected chi connectivity index (χ4v) is 1.71. The normalized spacial score (nSPS) is 10.8. The standard InChI is InChI=1S/C12H17ClN4/c1-10(2)8-17(5-3-4-14)9-11-6-16-12(13)7-15-11/h6-7,10H,3,5,8-9H2,1-2H3. The molecule has 92 valence electrons. The van der Waals surface area contributed by atoms with E-state index in [1.165, 1.54) is 0 Å². The van der Waals surface area contributed by atoms with Crippen LogP contribution in [0.25, 0.3) is 0 Å². The van der Waals surface area contributed by atoms with Gasteiger partial charge in [-0.1, -0.05) is 25.4 Å². The lowest BCUT2D eigenvalue weighted by molar-refractivity contribution is 0.238. The number of nitriles is 1. The van der Waals surface area contributed by atoms with E-state index < -0.39 is 0 Å². The molecule has 0 spiro atoms. The zero-order valence-electron chi connectivity index (χ0n) is 10.2. The first-order chi connectivity index (χ1) is 8.11. The zero-order valence-corrected chi connectivity index (χ0v) is 11.0. The van der Waals surface area contributed by atoms with Crippen molar-refractivity contribution in [3.63, 3.8) is 0 Å². The van der Waals surface area contributed by atoms with Crippen LogP contribution in [0.1, 0.15) is 26.0 Å². The predicted octanol–water partition coefficient (Wildman–Crippen LogP) is 2.50. The molecule has 0 aliphatic heterocycles. The van der Waals surface area contributed by atoms with Crippen molar-refractivity contribution in [2.24, 2.45) is 5.92 Å². The Morgan fingerprint density at radius 3 is 2.71 bits per heavy atom. The zero-order chi connectivity index (χ0) is 12.7. The van der Waals surface area contributed by atoms with Crippen molar-refractivity contribution in [3.05, 3.63) is 23.2 Å². The van der Waals surface area contributed by atoms with Gasteiger partial charge in [-0.3, -0.25) is 9.88 Å². The Balaban J connectivity index is 2.58. The van der Waals surface area contributed by atoms with Crippen molar-refractivity contribution >= 4 is 11.6 Å². The highest BCUT2D eigenvalue weighted by atomic mass is 35.5. The van der Waals surface area contributed by atoms with Crippen LogP contribution < -0.4 is 0 Å². The highest BCUT2D eigenvalue weighted by molar-refractivity contribution is 6.29. The Bertz CT molecular complexity index is 369. The quantitative estimate of drug-likeness (QED) is 0.781. The van der Waals surface area contributed by atoms with Crippen LogP contribution in [0.2, 0.25) is 5.15 Å². The number of hydrogen-bond donors (Lipinski definition) is 0. The van der Waals surface area contributed by atoms with E-state index in [0.717, 1.165) is 18.8 Å². The first-order valence-electron chi connectivity index (χ1n) is 5.67. The molecule has 0 aliphatic carbocycles. The molecule has 0 bridgehead atoms. The molecule has 1 heterocycles. The average Bonchev–Trinajstić information content (AvgIpc) is 2.28. The fraction of sp³-hybridized carbons (Fsp3) is 0.583. The summed E-state index contributed by atoms with van der Waals surface area (Å²) in [6, 6.07) is 2.17.